The van der Waals surface area contributed by atoms with Crippen molar-refractivity contribution in [2.45, 2.75) is 44.1 Å². The molecular formula is C14H19ClO4S. The minimum absolute atomic E-state index is 0.172. The molecule has 0 radical (unpaired) electrons. The van der Waals surface area contributed by atoms with E-state index >= 15 is 0 Å². The molecule has 0 spiro atoms. The van der Waals surface area contributed by atoms with Gasteiger partial charge in [0.05, 0.1) is 17.6 Å². The van der Waals surface area contributed by atoms with Gasteiger partial charge in [0.1, 0.15) is 5.75 Å². The lowest BCUT2D eigenvalue weighted by molar-refractivity contribution is 0.0903. The van der Waals surface area contributed by atoms with Gasteiger partial charge in [-0.3, -0.25) is 0 Å². The summed E-state index contributed by atoms with van der Waals surface area (Å²) < 4.78 is 34.2. The molecule has 0 aliphatic carbocycles. The lowest BCUT2D eigenvalue weighted by Crippen LogP contribution is -2.11. The van der Waals surface area contributed by atoms with E-state index in [2.05, 4.69) is 0 Å². The number of benzene rings is 1. The molecule has 0 saturated carbocycles. The molecule has 1 saturated heterocycles. The maximum absolute atomic E-state index is 11.5. The summed E-state index contributed by atoms with van der Waals surface area (Å²) >= 11 is 0. The molecule has 20 heavy (non-hydrogen) atoms. The number of rotatable bonds is 5. The van der Waals surface area contributed by atoms with Crippen molar-refractivity contribution in [2.75, 3.05) is 13.2 Å². The Hall–Kier alpha value is -0.780. The van der Waals surface area contributed by atoms with Crippen molar-refractivity contribution >= 4 is 19.7 Å². The summed E-state index contributed by atoms with van der Waals surface area (Å²) in [5, 5.41) is 0. The van der Waals surface area contributed by atoms with Gasteiger partial charge >= 0.3 is 0 Å². The number of hydrogen-bond donors (Lipinski definition) is 0. The fourth-order valence-electron chi connectivity index (χ4n) is 2.56. The van der Waals surface area contributed by atoms with Crippen LogP contribution in [0.4, 0.5) is 0 Å². The molecule has 1 aliphatic heterocycles. The SMILES string of the molecule is Cc1cc(OCCC2CCCO2)cc(C)c1S(=O)(=O)Cl. The van der Waals surface area contributed by atoms with E-state index < -0.39 is 9.05 Å². The summed E-state index contributed by atoms with van der Waals surface area (Å²) in [6.07, 6.45) is 3.35. The number of halogens is 1. The molecule has 1 heterocycles. The first kappa shape index (κ1) is 15.6. The third-order valence-corrected chi connectivity index (χ3v) is 5.00. The molecule has 1 unspecified atom stereocenters. The van der Waals surface area contributed by atoms with Crippen molar-refractivity contribution in [1.82, 2.24) is 0 Å². The maximum atomic E-state index is 11.5. The predicted octanol–water partition coefficient (Wildman–Crippen LogP) is 3.18. The Morgan fingerprint density at radius 1 is 1.35 bits per heavy atom. The summed E-state index contributed by atoms with van der Waals surface area (Å²) in [6, 6.07) is 3.41. The van der Waals surface area contributed by atoms with Gasteiger partial charge in [-0.05, 0) is 49.9 Å². The van der Waals surface area contributed by atoms with E-state index in [1.54, 1.807) is 26.0 Å². The Morgan fingerprint density at radius 2 is 2.00 bits per heavy atom. The van der Waals surface area contributed by atoms with Gasteiger partial charge in [0.2, 0.25) is 0 Å². The molecule has 2 rings (SSSR count). The molecule has 1 aromatic rings. The van der Waals surface area contributed by atoms with E-state index in [1.807, 2.05) is 0 Å². The average Bonchev–Trinajstić information content (AvgIpc) is 2.79. The van der Waals surface area contributed by atoms with E-state index in [1.165, 1.54) is 0 Å². The zero-order valence-electron chi connectivity index (χ0n) is 11.7. The van der Waals surface area contributed by atoms with Crippen molar-refractivity contribution in [2.24, 2.45) is 0 Å². The molecule has 1 atom stereocenters. The van der Waals surface area contributed by atoms with E-state index in [4.69, 9.17) is 20.2 Å². The first-order valence-corrected chi connectivity index (χ1v) is 8.99. The van der Waals surface area contributed by atoms with Crippen molar-refractivity contribution in [3.05, 3.63) is 23.3 Å². The second-order valence-electron chi connectivity index (χ2n) is 5.10. The van der Waals surface area contributed by atoms with Crippen LogP contribution in [0, 0.1) is 13.8 Å². The van der Waals surface area contributed by atoms with Gasteiger partial charge in [0.25, 0.3) is 9.05 Å². The quantitative estimate of drug-likeness (QED) is 0.782. The van der Waals surface area contributed by atoms with Crippen LogP contribution in [0.2, 0.25) is 0 Å². The Balaban J connectivity index is 2.02. The van der Waals surface area contributed by atoms with E-state index in [9.17, 15) is 8.42 Å². The highest BCUT2D eigenvalue weighted by molar-refractivity contribution is 8.13. The van der Waals surface area contributed by atoms with Crippen molar-refractivity contribution in [1.29, 1.82) is 0 Å². The summed E-state index contributed by atoms with van der Waals surface area (Å²) in [6.45, 7) is 4.84. The largest absolute Gasteiger partial charge is 0.493 e. The molecule has 1 aromatic carbocycles. The van der Waals surface area contributed by atoms with Crippen LogP contribution in [0.1, 0.15) is 30.4 Å². The van der Waals surface area contributed by atoms with E-state index in [0.29, 0.717) is 29.6 Å². The molecule has 1 fully saturated rings. The van der Waals surface area contributed by atoms with Crippen LogP contribution in [-0.2, 0) is 13.8 Å². The molecular weight excluding hydrogens is 300 g/mol. The summed E-state index contributed by atoms with van der Waals surface area (Å²) in [5.41, 5.74) is 1.21. The lowest BCUT2D eigenvalue weighted by Gasteiger charge is -2.13. The van der Waals surface area contributed by atoms with E-state index in [-0.39, 0.29) is 4.90 Å². The fourth-order valence-corrected chi connectivity index (χ4v) is 4.18. The van der Waals surface area contributed by atoms with Crippen LogP contribution < -0.4 is 4.74 Å². The highest BCUT2D eigenvalue weighted by Crippen LogP contribution is 2.28. The Kier molecular flexibility index (Phi) is 4.94. The maximum Gasteiger partial charge on any atom is 0.261 e. The molecule has 112 valence electrons. The molecule has 0 bridgehead atoms. The molecule has 4 nitrogen and oxygen atoms in total. The second-order valence-corrected chi connectivity index (χ2v) is 7.60. The number of aryl methyl sites for hydroxylation is 2. The first-order valence-electron chi connectivity index (χ1n) is 6.68. The third-order valence-electron chi connectivity index (χ3n) is 3.41. The minimum Gasteiger partial charge on any atom is -0.493 e. The normalized spacial score (nSPS) is 19.2. The average molecular weight is 319 g/mol. The van der Waals surface area contributed by atoms with Gasteiger partial charge in [0.15, 0.2) is 0 Å². The van der Waals surface area contributed by atoms with Crippen LogP contribution in [0.5, 0.6) is 5.75 Å². The molecule has 0 N–H and O–H groups in total. The van der Waals surface area contributed by atoms with Gasteiger partial charge in [0, 0.05) is 23.7 Å². The van der Waals surface area contributed by atoms with E-state index in [0.717, 1.165) is 25.9 Å². The number of ether oxygens (including phenoxy) is 2. The van der Waals surface area contributed by atoms with Crippen LogP contribution in [0.3, 0.4) is 0 Å². The van der Waals surface area contributed by atoms with Crippen LogP contribution in [0.15, 0.2) is 17.0 Å². The Bertz CT molecular complexity index is 554. The highest BCUT2D eigenvalue weighted by atomic mass is 35.7. The predicted molar refractivity (Wildman–Crippen MR) is 78.0 cm³/mol. The fraction of sp³-hybridized carbons (Fsp3) is 0.571. The van der Waals surface area contributed by atoms with Gasteiger partial charge in [-0.25, -0.2) is 8.42 Å². The van der Waals surface area contributed by atoms with Crippen molar-refractivity contribution in [3.63, 3.8) is 0 Å². The zero-order valence-corrected chi connectivity index (χ0v) is 13.3. The van der Waals surface area contributed by atoms with Gasteiger partial charge < -0.3 is 9.47 Å². The molecule has 6 heteroatoms. The Morgan fingerprint density at radius 3 is 2.50 bits per heavy atom. The van der Waals surface area contributed by atoms with Crippen LogP contribution >= 0.6 is 10.7 Å². The van der Waals surface area contributed by atoms with Crippen molar-refractivity contribution in [3.8, 4) is 5.75 Å². The first-order chi connectivity index (χ1) is 9.38. The van der Waals surface area contributed by atoms with Gasteiger partial charge in [-0.1, -0.05) is 0 Å². The molecule has 0 amide bonds. The monoisotopic (exact) mass is 318 g/mol. The zero-order chi connectivity index (χ0) is 14.8. The van der Waals surface area contributed by atoms with Crippen molar-refractivity contribution < 1.29 is 17.9 Å². The summed E-state index contributed by atoms with van der Waals surface area (Å²) in [4.78, 5) is 0.172. The van der Waals surface area contributed by atoms with Crippen LogP contribution in [-0.4, -0.2) is 27.7 Å². The standard InChI is InChI=1S/C14H19ClO4S/c1-10-8-13(9-11(2)14(10)20(15,16)17)19-7-5-12-4-3-6-18-12/h8-9,12H,3-7H2,1-2H3. The van der Waals surface area contributed by atoms with Gasteiger partial charge in [-0.2, -0.15) is 0 Å². The number of hydrogen-bond acceptors (Lipinski definition) is 4. The molecule has 0 aromatic heterocycles. The third kappa shape index (κ3) is 3.87. The smallest absolute Gasteiger partial charge is 0.261 e. The minimum atomic E-state index is -3.72. The topological polar surface area (TPSA) is 52.6 Å². The summed E-state index contributed by atoms with van der Waals surface area (Å²) in [7, 11) is 1.71. The molecule has 1 aliphatic rings. The lowest BCUT2D eigenvalue weighted by atomic mass is 10.1. The highest BCUT2D eigenvalue weighted by Gasteiger charge is 2.18. The summed E-state index contributed by atoms with van der Waals surface area (Å²) in [5.74, 6) is 0.669. The second kappa shape index (κ2) is 6.33. The Labute approximate surface area is 124 Å². The van der Waals surface area contributed by atoms with Gasteiger partial charge in [-0.15, -0.1) is 0 Å². The van der Waals surface area contributed by atoms with Crippen LogP contribution in [0.25, 0.3) is 0 Å².